The minimum absolute atomic E-state index is 0.503. The van der Waals surface area contributed by atoms with Crippen LogP contribution in [0.15, 0.2) is 24.3 Å². The van der Waals surface area contributed by atoms with E-state index in [1.807, 2.05) is 6.92 Å². The molecular formula is C12H12N2O4S. The van der Waals surface area contributed by atoms with Gasteiger partial charge in [-0.05, 0) is 43.0 Å². The fourth-order valence-electron chi connectivity index (χ4n) is 1.54. The summed E-state index contributed by atoms with van der Waals surface area (Å²) in [5.41, 5.74) is 0.543. The molecule has 100 valence electrons. The Labute approximate surface area is 113 Å². The summed E-state index contributed by atoms with van der Waals surface area (Å²) in [6, 6.07) is 6.77. The molecule has 1 aromatic carbocycles. The van der Waals surface area contributed by atoms with Gasteiger partial charge in [-0.15, -0.1) is 0 Å². The number of hydrogen-bond acceptors (Lipinski definition) is 5. The molecule has 1 fully saturated rings. The molecule has 2 N–H and O–H groups in total. The number of carbonyl (C=O) groups excluding carboxylic acids is 3. The second-order valence-corrected chi connectivity index (χ2v) is 4.80. The third-order valence-corrected chi connectivity index (χ3v) is 3.34. The Kier molecular flexibility index (Phi) is 4.06. The summed E-state index contributed by atoms with van der Waals surface area (Å²) >= 11 is 0.676. The molecule has 3 amide bonds. The average Bonchev–Trinajstić information content (AvgIpc) is 2.71. The van der Waals surface area contributed by atoms with Gasteiger partial charge in [0.2, 0.25) is 5.91 Å². The van der Waals surface area contributed by atoms with Crippen molar-refractivity contribution >= 4 is 34.5 Å². The first-order valence-corrected chi connectivity index (χ1v) is 6.53. The first-order valence-electron chi connectivity index (χ1n) is 5.65. The zero-order valence-electron chi connectivity index (χ0n) is 10.1. The minimum Gasteiger partial charge on any atom is -0.494 e. The molecule has 6 nitrogen and oxygen atoms in total. The lowest BCUT2D eigenvalue weighted by molar-refractivity contribution is -0.124. The summed E-state index contributed by atoms with van der Waals surface area (Å²) in [5.74, 6) is -0.403. The van der Waals surface area contributed by atoms with Crippen LogP contribution in [-0.2, 0) is 9.59 Å². The number of anilines is 1. The van der Waals surface area contributed by atoms with E-state index in [1.54, 1.807) is 24.3 Å². The van der Waals surface area contributed by atoms with Crippen LogP contribution in [0.5, 0.6) is 5.75 Å². The molecule has 1 saturated heterocycles. The maximum Gasteiger partial charge on any atom is 0.286 e. The Balaban J connectivity index is 1.99. The van der Waals surface area contributed by atoms with Crippen LogP contribution >= 0.6 is 11.8 Å². The molecule has 1 heterocycles. The van der Waals surface area contributed by atoms with Gasteiger partial charge in [0.05, 0.1) is 6.61 Å². The highest BCUT2D eigenvalue weighted by molar-refractivity contribution is 8.16. The molecule has 1 atom stereocenters. The maximum atomic E-state index is 11.8. The highest BCUT2D eigenvalue weighted by Crippen LogP contribution is 2.21. The van der Waals surface area contributed by atoms with E-state index in [-0.39, 0.29) is 0 Å². The molecule has 0 spiro atoms. The Bertz CT molecular complexity index is 515. The van der Waals surface area contributed by atoms with Crippen LogP contribution in [0.1, 0.15) is 6.92 Å². The maximum absolute atomic E-state index is 11.8. The quantitative estimate of drug-likeness (QED) is 0.814. The van der Waals surface area contributed by atoms with Gasteiger partial charge >= 0.3 is 0 Å². The van der Waals surface area contributed by atoms with E-state index < -0.39 is 22.3 Å². The van der Waals surface area contributed by atoms with E-state index in [0.717, 1.165) is 0 Å². The highest BCUT2D eigenvalue weighted by Gasteiger charge is 2.37. The topological polar surface area (TPSA) is 84.5 Å². The van der Waals surface area contributed by atoms with Crippen molar-refractivity contribution in [3.63, 3.8) is 0 Å². The number of thioether (sulfide) groups is 1. The first-order chi connectivity index (χ1) is 9.10. The molecule has 0 aromatic heterocycles. The van der Waals surface area contributed by atoms with Crippen molar-refractivity contribution in [1.82, 2.24) is 5.32 Å². The van der Waals surface area contributed by atoms with Gasteiger partial charge in [0, 0.05) is 5.69 Å². The molecule has 1 aromatic rings. The number of ether oxygens (including phenoxy) is 1. The SMILES string of the molecule is CCOc1ccc(NC(=O)C2SC(=O)NC2=O)cc1. The van der Waals surface area contributed by atoms with Crippen molar-refractivity contribution in [1.29, 1.82) is 0 Å². The number of rotatable bonds is 4. The largest absolute Gasteiger partial charge is 0.494 e. The van der Waals surface area contributed by atoms with E-state index in [0.29, 0.717) is 29.8 Å². The van der Waals surface area contributed by atoms with Crippen LogP contribution in [0.25, 0.3) is 0 Å². The summed E-state index contributed by atoms with van der Waals surface area (Å²) in [5, 5.41) is 3.11. The van der Waals surface area contributed by atoms with Gasteiger partial charge in [0.25, 0.3) is 11.1 Å². The van der Waals surface area contributed by atoms with Gasteiger partial charge in [-0.1, -0.05) is 0 Å². The molecule has 0 bridgehead atoms. The van der Waals surface area contributed by atoms with Crippen molar-refractivity contribution in [2.75, 3.05) is 11.9 Å². The molecule has 1 unspecified atom stereocenters. The predicted molar refractivity (Wildman–Crippen MR) is 71.2 cm³/mol. The van der Waals surface area contributed by atoms with Gasteiger partial charge in [0.15, 0.2) is 5.25 Å². The third-order valence-electron chi connectivity index (χ3n) is 2.36. The van der Waals surface area contributed by atoms with Crippen molar-refractivity contribution in [2.45, 2.75) is 12.2 Å². The van der Waals surface area contributed by atoms with E-state index in [9.17, 15) is 14.4 Å². The van der Waals surface area contributed by atoms with Crippen molar-refractivity contribution < 1.29 is 19.1 Å². The molecular weight excluding hydrogens is 268 g/mol. The Morgan fingerprint density at radius 3 is 2.58 bits per heavy atom. The summed E-state index contributed by atoms with van der Waals surface area (Å²) in [6.45, 7) is 2.44. The number of benzene rings is 1. The standard InChI is InChI=1S/C12H12N2O4S/c1-2-18-8-5-3-7(4-6-8)13-10(15)9-11(16)14-12(17)19-9/h3-6,9H,2H2,1H3,(H,13,15)(H,14,16,17). The summed E-state index contributed by atoms with van der Waals surface area (Å²) < 4.78 is 5.27. The molecule has 2 rings (SSSR count). The fraction of sp³-hybridized carbons (Fsp3) is 0.250. The van der Waals surface area contributed by atoms with Gasteiger partial charge < -0.3 is 10.1 Å². The number of imide groups is 1. The second kappa shape index (κ2) is 5.75. The summed E-state index contributed by atoms with van der Waals surface area (Å²) in [4.78, 5) is 34.1. The van der Waals surface area contributed by atoms with Crippen LogP contribution < -0.4 is 15.4 Å². The zero-order valence-corrected chi connectivity index (χ0v) is 11.0. The smallest absolute Gasteiger partial charge is 0.286 e. The van der Waals surface area contributed by atoms with Gasteiger partial charge in [-0.25, -0.2) is 0 Å². The molecule has 7 heteroatoms. The summed E-state index contributed by atoms with van der Waals surface area (Å²) in [7, 11) is 0. The van der Waals surface area contributed by atoms with Crippen LogP contribution in [0.2, 0.25) is 0 Å². The average molecular weight is 280 g/mol. The number of carbonyl (C=O) groups is 3. The van der Waals surface area contributed by atoms with Gasteiger partial charge in [-0.3, -0.25) is 19.7 Å². The molecule has 1 aliphatic heterocycles. The normalized spacial score (nSPS) is 18.1. The van der Waals surface area contributed by atoms with E-state index in [1.165, 1.54) is 0 Å². The van der Waals surface area contributed by atoms with Crippen LogP contribution in [-0.4, -0.2) is 28.9 Å². The minimum atomic E-state index is -1.03. The second-order valence-electron chi connectivity index (χ2n) is 3.72. The number of amides is 3. The first kappa shape index (κ1) is 13.4. The zero-order chi connectivity index (χ0) is 13.8. The van der Waals surface area contributed by atoms with Crippen molar-refractivity contribution in [3.8, 4) is 5.75 Å². The van der Waals surface area contributed by atoms with Crippen LogP contribution in [0.3, 0.4) is 0 Å². The molecule has 0 aliphatic carbocycles. The highest BCUT2D eigenvalue weighted by atomic mass is 32.2. The number of nitrogens with one attached hydrogen (secondary N) is 2. The molecule has 1 aliphatic rings. The molecule has 0 saturated carbocycles. The van der Waals surface area contributed by atoms with Crippen LogP contribution in [0.4, 0.5) is 10.5 Å². The van der Waals surface area contributed by atoms with E-state index >= 15 is 0 Å². The van der Waals surface area contributed by atoms with Crippen LogP contribution in [0, 0.1) is 0 Å². The molecule has 19 heavy (non-hydrogen) atoms. The van der Waals surface area contributed by atoms with Crippen molar-refractivity contribution in [2.24, 2.45) is 0 Å². The monoisotopic (exact) mass is 280 g/mol. The van der Waals surface area contributed by atoms with E-state index in [4.69, 9.17) is 4.74 Å². The third kappa shape index (κ3) is 3.25. The Morgan fingerprint density at radius 1 is 1.37 bits per heavy atom. The summed E-state index contributed by atoms with van der Waals surface area (Å²) in [6.07, 6.45) is 0. The van der Waals surface area contributed by atoms with Gasteiger partial charge in [0.1, 0.15) is 5.75 Å². The lowest BCUT2D eigenvalue weighted by Gasteiger charge is -2.08. The van der Waals surface area contributed by atoms with Gasteiger partial charge in [-0.2, -0.15) is 0 Å². The fourth-order valence-corrected chi connectivity index (χ4v) is 2.24. The predicted octanol–water partition coefficient (Wildman–Crippen LogP) is 1.38. The lowest BCUT2D eigenvalue weighted by atomic mass is 10.3. The Morgan fingerprint density at radius 2 is 2.05 bits per heavy atom. The lowest BCUT2D eigenvalue weighted by Crippen LogP contribution is -2.33. The van der Waals surface area contributed by atoms with Crippen molar-refractivity contribution in [3.05, 3.63) is 24.3 Å². The number of hydrogen-bond donors (Lipinski definition) is 2. The van der Waals surface area contributed by atoms with E-state index in [2.05, 4.69) is 10.6 Å². The Hall–Kier alpha value is -2.02. The molecule has 0 radical (unpaired) electrons.